The standard InChI is InChI=1S/C10H19NO3S/c12-8-9-5-11(6-9)7-10-3-1-2-4-15(10,13)14/h9-10,12H,1-8H2. The van der Waals surface area contributed by atoms with Crippen molar-refractivity contribution in [1.29, 1.82) is 0 Å². The maximum absolute atomic E-state index is 11.7. The second-order valence-electron chi connectivity index (χ2n) is 4.75. The summed E-state index contributed by atoms with van der Waals surface area (Å²) in [5.74, 6) is 0.742. The van der Waals surface area contributed by atoms with E-state index in [9.17, 15) is 8.42 Å². The summed E-state index contributed by atoms with van der Waals surface area (Å²) in [5, 5.41) is 8.72. The summed E-state index contributed by atoms with van der Waals surface area (Å²) in [6, 6.07) is 0. The molecule has 1 N–H and O–H groups in total. The Morgan fingerprint density at radius 3 is 2.60 bits per heavy atom. The van der Waals surface area contributed by atoms with Gasteiger partial charge in [0.05, 0.1) is 11.0 Å². The van der Waals surface area contributed by atoms with Crippen LogP contribution >= 0.6 is 0 Å². The predicted molar refractivity (Wildman–Crippen MR) is 58.4 cm³/mol. The van der Waals surface area contributed by atoms with Gasteiger partial charge in [-0.15, -0.1) is 0 Å². The largest absolute Gasteiger partial charge is 0.396 e. The fourth-order valence-corrected chi connectivity index (χ4v) is 4.36. The fourth-order valence-electron chi connectivity index (χ4n) is 2.46. The first-order valence-electron chi connectivity index (χ1n) is 5.66. The van der Waals surface area contributed by atoms with E-state index in [1.807, 2.05) is 0 Å². The van der Waals surface area contributed by atoms with Crippen LogP contribution in [0, 0.1) is 5.92 Å². The molecule has 0 aliphatic carbocycles. The van der Waals surface area contributed by atoms with Crippen LogP contribution in [0.2, 0.25) is 0 Å². The molecule has 1 atom stereocenters. The van der Waals surface area contributed by atoms with E-state index in [1.54, 1.807) is 0 Å². The molecule has 2 fully saturated rings. The molecule has 5 heteroatoms. The molecule has 2 aliphatic heterocycles. The molecule has 0 spiro atoms. The number of hydrogen-bond acceptors (Lipinski definition) is 4. The van der Waals surface area contributed by atoms with Crippen LogP contribution in [0.3, 0.4) is 0 Å². The van der Waals surface area contributed by atoms with Crippen molar-refractivity contribution in [1.82, 2.24) is 4.90 Å². The minimum Gasteiger partial charge on any atom is -0.396 e. The Hall–Kier alpha value is -0.130. The zero-order valence-electron chi connectivity index (χ0n) is 8.93. The second-order valence-corrected chi connectivity index (χ2v) is 7.15. The number of nitrogens with zero attached hydrogens (tertiary/aromatic N) is 1. The Bertz CT molecular complexity index is 309. The number of sulfone groups is 1. The quantitative estimate of drug-likeness (QED) is 0.738. The predicted octanol–water partition coefficient (Wildman–Crippen LogP) is -0.122. The molecule has 2 heterocycles. The topological polar surface area (TPSA) is 57.6 Å². The molecule has 2 rings (SSSR count). The number of likely N-dealkylation sites (tertiary alicyclic amines) is 1. The molecule has 0 saturated carbocycles. The molecular formula is C10H19NO3S. The number of rotatable bonds is 3. The van der Waals surface area contributed by atoms with Gasteiger partial charge in [-0.25, -0.2) is 8.42 Å². The Labute approximate surface area is 91.2 Å². The van der Waals surface area contributed by atoms with Crippen molar-refractivity contribution in [2.24, 2.45) is 5.92 Å². The Morgan fingerprint density at radius 2 is 2.00 bits per heavy atom. The average molecular weight is 233 g/mol. The summed E-state index contributed by atoms with van der Waals surface area (Å²) in [5.41, 5.74) is 0. The van der Waals surface area contributed by atoms with Gasteiger partial charge < -0.3 is 10.0 Å². The van der Waals surface area contributed by atoms with Crippen molar-refractivity contribution < 1.29 is 13.5 Å². The van der Waals surface area contributed by atoms with Gasteiger partial charge in [0.15, 0.2) is 9.84 Å². The zero-order chi connectivity index (χ0) is 10.9. The van der Waals surface area contributed by atoms with Crippen molar-refractivity contribution >= 4 is 9.84 Å². The highest BCUT2D eigenvalue weighted by molar-refractivity contribution is 7.92. The molecule has 1 unspecified atom stereocenters. The average Bonchev–Trinajstić information content (AvgIpc) is 2.12. The van der Waals surface area contributed by atoms with Gasteiger partial charge in [-0.3, -0.25) is 0 Å². The van der Waals surface area contributed by atoms with E-state index in [2.05, 4.69) is 4.90 Å². The smallest absolute Gasteiger partial charge is 0.154 e. The normalized spacial score (nSPS) is 32.5. The van der Waals surface area contributed by atoms with E-state index in [4.69, 9.17) is 5.11 Å². The molecule has 2 saturated heterocycles. The van der Waals surface area contributed by atoms with E-state index >= 15 is 0 Å². The Morgan fingerprint density at radius 1 is 1.27 bits per heavy atom. The van der Waals surface area contributed by atoms with Gasteiger partial charge >= 0.3 is 0 Å². The van der Waals surface area contributed by atoms with Crippen molar-refractivity contribution in [3.63, 3.8) is 0 Å². The van der Waals surface area contributed by atoms with E-state index < -0.39 is 9.84 Å². The second kappa shape index (κ2) is 4.39. The number of aliphatic hydroxyl groups is 1. The first-order valence-corrected chi connectivity index (χ1v) is 7.38. The Balaban J connectivity index is 1.84. The van der Waals surface area contributed by atoms with Gasteiger partial charge in [-0.1, -0.05) is 6.42 Å². The van der Waals surface area contributed by atoms with Crippen LogP contribution in [-0.4, -0.2) is 55.7 Å². The molecule has 0 bridgehead atoms. The van der Waals surface area contributed by atoms with Crippen LogP contribution in [0.4, 0.5) is 0 Å². The maximum Gasteiger partial charge on any atom is 0.154 e. The fraction of sp³-hybridized carbons (Fsp3) is 1.00. The molecule has 0 amide bonds. The van der Waals surface area contributed by atoms with Crippen LogP contribution in [0.25, 0.3) is 0 Å². The molecular weight excluding hydrogens is 214 g/mol. The number of aliphatic hydroxyl groups excluding tert-OH is 1. The molecule has 0 radical (unpaired) electrons. The van der Waals surface area contributed by atoms with Gasteiger partial charge in [-0.05, 0) is 12.8 Å². The van der Waals surface area contributed by atoms with Crippen molar-refractivity contribution in [2.45, 2.75) is 24.5 Å². The molecule has 2 aliphatic rings. The first kappa shape index (κ1) is 11.4. The van der Waals surface area contributed by atoms with Gasteiger partial charge in [0.2, 0.25) is 0 Å². The summed E-state index contributed by atoms with van der Waals surface area (Å²) in [6.45, 7) is 2.64. The van der Waals surface area contributed by atoms with Gasteiger partial charge in [0.1, 0.15) is 0 Å². The highest BCUT2D eigenvalue weighted by Crippen LogP contribution is 2.23. The Kier molecular flexibility index (Phi) is 3.33. The van der Waals surface area contributed by atoms with Crippen LogP contribution in [0.5, 0.6) is 0 Å². The summed E-state index contributed by atoms with van der Waals surface area (Å²) in [7, 11) is -2.82. The van der Waals surface area contributed by atoms with E-state index in [-0.39, 0.29) is 11.9 Å². The summed E-state index contributed by atoms with van der Waals surface area (Å²) < 4.78 is 23.5. The lowest BCUT2D eigenvalue weighted by atomic mass is 10.0. The SMILES string of the molecule is O=S1(=O)CCCCC1CN1CC(CO)C1. The van der Waals surface area contributed by atoms with E-state index in [0.717, 1.165) is 32.4 Å². The van der Waals surface area contributed by atoms with Crippen LogP contribution in [0.15, 0.2) is 0 Å². The van der Waals surface area contributed by atoms with Gasteiger partial charge in [0, 0.05) is 32.2 Å². The van der Waals surface area contributed by atoms with E-state index in [1.165, 1.54) is 0 Å². The van der Waals surface area contributed by atoms with Crippen molar-refractivity contribution in [2.75, 3.05) is 32.0 Å². The van der Waals surface area contributed by atoms with E-state index in [0.29, 0.717) is 18.2 Å². The molecule has 88 valence electrons. The molecule has 0 aromatic rings. The molecule has 0 aromatic heterocycles. The summed E-state index contributed by atoms with van der Waals surface area (Å²) in [6.07, 6.45) is 2.70. The molecule has 15 heavy (non-hydrogen) atoms. The third-order valence-corrected chi connectivity index (χ3v) is 5.72. The lowest BCUT2D eigenvalue weighted by Gasteiger charge is -2.40. The molecule has 4 nitrogen and oxygen atoms in total. The lowest BCUT2D eigenvalue weighted by molar-refractivity contribution is 0.0532. The van der Waals surface area contributed by atoms with Crippen LogP contribution < -0.4 is 0 Å². The van der Waals surface area contributed by atoms with Gasteiger partial charge in [0.25, 0.3) is 0 Å². The molecule has 0 aromatic carbocycles. The van der Waals surface area contributed by atoms with Crippen LogP contribution in [0.1, 0.15) is 19.3 Å². The van der Waals surface area contributed by atoms with Crippen molar-refractivity contribution in [3.8, 4) is 0 Å². The van der Waals surface area contributed by atoms with Crippen LogP contribution in [-0.2, 0) is 9.84 Å². The monoisotopic (exact) mass is 233 g/mol. The summed E-state index contributed by atoms with van der Waals surface area (Å²) >= 11 is 0. The number of hydrogen-bond donors (Lipinski definition) is 1. The highest BCUT2D eigenvalue weighted by Gasteiger charge is 2.34. The minimum absolute atomic E-state index is 0.147. The third-order valence-electron chi connectivity index (χ3n) is 3.47. The maximum atomic E-state index is 11.7. The van der Waals surface area contributed by atoms with Gasteiger partial charge in [-0.2, -0.15) is 0 Å². The van der Waals surface area contributed by atoms with Crippen molar-refractivity contribution in [3.05, 3.63) is 0 Å². The highest BCUT2D eigenvalue weighted by atomic mass is 32.2. The first-order chi connectivity index (χ1) is 7.12. The zero-order valence-corrected chi connectivity index (χ0v) is 9.75. The minimum atomic E-state index is -2.82. The third kappa shape index (κ3) is 2.52. The summed E-state index contributed by atoms with van der Waals surface area (Å²) in [4.78, 5) is 2.15. The lowest BCUT2D eigenvalue weighted by Crippen LogP contribution is -2.52.